The van der Waals surface area contributed by atoms with Gasteiger partial charge < -0.3 is 77.2 Å². The summed E-state index contributed by atoms with van der Waals surface area (Å²) in [6.45, 7) is 8.24. The maximum atomic E-state index is 13.2. The quantitative estimate of drug-likeness (QED) is 0.114. The second kappa shape index (κ2) is 17.1. The Morgan fingerprint density at radius 2 is 1.44 bits per heavy atom. The molecule has 8 unspecified atom stereocenters. The van der Waals surface area contributed by atoms with Crippen molar-refractivity contribution in [1.29, 1.82) is 0 Å². The Balaban J connectivity index is 0.000000406. The van der Waals surface area contributed by atoms with E-state index in [4.69, 9.17) is 35.7 Å². The van der Waals surface area contributed by atoms with Gasteiger partial charge >= 0.3 is 17.9 Å². The topological polar surface area (TPSA) is 357 Å². The number of fused-ring (bicyclic) bond motifs is 3. The number of nitrogens with zero attached hydrogens (tertiary/aromatic N) is 2. The SMILES string of the molecule is CC.CC1CC2CC(C)N3C(C(O)(O)O)NNC3C(O)(C(O)(O)O)C1N2CCCc1ccccc1.CO.NC(=O)C1CC(O)(O)C(F)(F)C(O)(O)C1(O)O. The van der Waals surface area contributed by atoms with E-state index in [2.05, 4.69) is 16.6 Å². The van der Waals surface area contributed by atoms with Crippen LogP contribution in [0.5, 0.6) is 0 Å². The summed E-state index contributed by atoms with van der Waals surface area (Å²) >= 11 is 0. The molecule has 3 heterocycles. The average Bonchev–Trinajstić information content (AvgIpc) is 3.67. The molecule has 20 nitrogen and oxygen atoms in total. The van der Waals surface area contributed by atoms with Crippen molar-refractivity contribution >= 4 is 5.91 Å². The van der Waals surface area contributed by atoms with Crippen LogP contribution in [0.15, 0.2) is 30.3 Å². The highest BCUT2D eigenvalue weighted by Gasteiger charge is 2.80. The van der Waals surface area contributed by atoms with Gasteiger partial charge in [-0.3, -0.25) is 14.6 Å². The number of carbonyl (C=O) groups is 1. The predicted octanol–water partition coefficient (Wildman–Crippen LogP) is -5.65. The molecular formula is C32H57F2N5O15. The van der Waals surface area contributed by atoms with Crippen LogP contribution in [-0.4, -0.2) is 172 Å². The summed E-state index contributed by atoms with van der Waals surface area (Å²) in [7, 11) is 1.00. The Hall–Kier alpha value is -2.17. The van der Waals surface area contributed by atoms with Crippen LogP contribution in [0.3, 0.4) is 0 Å². The molecule has 8 atom stereocenters. The van der Waals surface area contributed by atoms with E-state index in [9.17, 15) is 49.3 Å². The molecule has 22 heteroatoms. The number of hydrogen-bond acceptors (Lipinski definition) is 19. The summed E-state index contributed by atoms with van der Waals surface area (Å²) in [5.41, 5.74) is 8.42. The van der Waals surface area contributed by atoms with Gasteiger partial charge in [-0.2, -0.15) is 8.78 Å². The Morgan fingerprint density at radius 1 is 0.907 bits per heavy atom. The van der Waals surface area contributed by atoms with Gasteiger partial charge in [-0.1, -0.05) is 51.1 Å². The summed E-state index contributed by atoms with van der Waals surface area (Å²) in [6, 6.07) is 8.63. The molecule has 1 amide bonds. The molecule has 1 aliphatic carbocycles. The van der Waals surface area contributed by atoms with Gasteiger partial charge in [0.25, 0.3) is 5.79 Å². The summed E-state index contributed by atoms with van der Waals surface area (Å²) in [5, 5.41) is 134. The fraction of sp³-hybridized carbons (Fsp3) is 0.781. The van der Waals surface area contributed by atoms with Gasteiger partial charge in [0.1, 0.15) is 12.1 Å². The number of amides is 1. The van der Waals surface area contributed by atoms with Crippen LogP contribution in [0.25, 0.3) is 0 Å². The molecule has 314 valence electrons. The van der Waals surface area contributed by atoms with Crippen molar-refractivity contribution in [1.82, 2.24) is 20.7 Å². The van der Waals surface area contributed by atoms with E-state index in [0.29, 0.717) is 19.4 Å². The Labute approximate surface area is 309 Å². The number of hydrogen-bond donors (Lipinski definition) is 17. The van der Waals surface area contributed by atoms with Crippen molar-refractivity contribution in [3.05, 3.63) is 35.9 Å². The molecule has 1 aromatic rings. The first kappa shape index (κ1) is 48.0. The molecule has 4 aliphatic rings. The van der Waals surface area contributed by atoms with Gasteiger partial charge in [0.15, 0.2) is 11.8 Å². The lowest BCUT2D eigenvalue weighted by Crippen LogP contribution is -2.79. The molecule has 2 bridgehead atoms. The van der Waals surface area contributed by atoms with E-state index in [-0.39, 0.29) is 12.0 Å². The third kappa shape index (κ3) is 8.56. The number of benzene rings is 1. The van der Waals surface area contributed by atoms with Crippen LogP contribution in [-0.2, 0) is 11.2 Å². The molecule has 4 fully saturated rings. The van der Waals surface area contributed by atoms with Gasteiger partial charge in [-0.15, -0.1) is 0 Å². The normalized spacial score (nSPS) is 34.0. The number of aryl methyl sites for hydroxylation is 1. The minimum Gasteiger partial charge on any atom is -0.400 e. The highest BCUT2D eigenvalue weighted by molar-refractivity contribution is 5.78. The third-order valence-corrected chi connectivity index (χ3v) is 10.4. The van der Waals surface area contributed by atoms with Gasteiger partial charge in [-0.05, 0) is 50.6 Å². The number of rotatable bonds is 7. The number of aliphatic hydroxyl groups is 14. The number of carbonyl (C=O) groups excluding carboxylic acids is 1. The third-order valence-electron chi connectivity index (χ3n) is 10.4. The van der Waals surface area contributed by atoms with Crippen LogP contribution >= 0.6 is 0 Å². The van der Waals surface area contributed by atoms with Crippen molar-refractivity contribution in [3.8, 4) is 0 Å². The largest absolute Gasteiger partial charge is 0.400 e. The molecule has 3 aliphatic heterocycles. The van der Waals surface area contributed by atoms with Crippen molar-refractivity contribution in [2.24, 2.45) is 17.6 Å². The van der Waals surface area contributed by atoms with Gasteiger partial charge in [0.2, 0.25) is 17.5 Å². The molecule has 0 spiro atoms. The molecule has 0 aromatic heterocycles. The van der Waals surface area contributed by atoms with E-state index in [1.165, 1.54) is 10.5 Å². The number of halogens is 2. The average molecular weight is 790 g/mol. The maximum absolute atomic E-state index is 13.2. The molecule has 3 saturated heterocycles. The number of aliphatic hydroxyl groups excluding tert-OH is 1. The van der Waals surface area contributed by atoms with Crippen molar-refractivity contribution in [2.75, 3.05) is 13.7 Å². The van der Waals surface area contributed by atoms with Gasteiger partial charge in [0.05, 0.1) is 6.04 Å². The second-order valence-corrected chi connectivity index (χ2v) is 13.9. The number of hydrazine groups is 1. The summed E-state index contributed by atoms with van der Waals surface area (Å²) in [4.78, 5) is 14.2. The predicted molar refractivity (Wildman–Crippen MR) is 180 cm³/mol. The van der Waals surface area contributed by atoms with Crippen LogP contribution in [0.4, 0.5) is 8.78 Å². The van der Waals surface area contributed by atoms with Crippen LogP contribution in [0, 0.1) is 11.8 Å². The molecular weight excluding hydrogens is 732 g/mol. The minimum atomic E-state index is -5.12. The first-order valence-electron chi connectivity index (χ1n) is 17.2. The van der Waals surface area contributed by atoms with Crippen molar-refractivity contribution < 1.29 is 85.1 Å². The minimum absolute atomic E-state index is 0.0580. The van der Waals surface area contributed by atoms with Crippen molar-refractivity contribution in [3.63, 3.8) is 0 Å². The maximum Gasteiger partial charge on any atom is 0.358 e. The monoisotopic (exact) mass is 789 g/mol. The van der Waals surface area contributed by atoms with E-state index in [1.54, 1.807) is 6.92 Å². The zero-order chi connectivity index (χ0) is 42.0. The smallest absolute Gasteiger partial charge is 0.358 e. The fourth-order valence-corrected chi connectivity index (χ4v) is 7.86. The molecule has 1 saturated carbocycles. The lowest BCUT2D eigenvalue weighted by Gasteiger charge is -2.53. The highest BCUT2D eigenvalue weighted by Crippen LogP contribution is 2.52. The second-order valence-electron chi connectivity index (χ2n) is 13.9. The van der Waals surface area contributed by atoms with E-state index >= 15 is 0 Å². The Kier molecular flexibility index (Phi) is 15.2. The van der Waals surface area contributed by atoms with E-state index in [1.807, 2.05) is 56.0 Å². The molecule has 0 radical (unpaired) electrons. The van der Waals surface area contributed by atoms with E-state index < -0.39 is 83.5 Å². The zero-order valence-electron chi connectivity index (χ0n) is 30.6. The van der Waals surface area contributed by atoms with Crippen LogP contribution < -0.4 is 16.6 Å². The number of primary amides is 1. The number of alkyl halides is 2. The van der Waals surface area contributed by atoms with Gasteiger partial charge in [0, 0.05) is 25.6 Å². The van der Waals surface area contributed by atoms with Crippen LogP contribution in [0.2, 0.25) is 0 Å². The summed E-state index contributed by atoms with van der Waals surface area (Å²) in [5.74, 6) is -28.8. The molecule has 1 aromatic carbocycles. The summed E-state index contributed by atoms with van der Waals surface area (Å²) in [6.07, 6.45) is -1.62. The first-order valence-corrected chi connectivity index (χ1v) is 17.2. The Bertz CT molecular complexity index is 1370. The highest BCUT2D eigenvalue weighted by atomic mass is 19.3. The van der Waals surface area contributed by atoms with Gasteiger partial charge in [-0.25, -0.2) is 10.9 Å². The summed E-state index contributed by atoms with van der Waals surface area (Å²) < 4.78 is 26.4. The zero-order valence-corrected chi connectivity index (χ0v) is 30.6. The van der Waals surface area contributed by atoms with Crippen LogP contribution in [0.1, 0.15) is 58.9 Å². The lowest BCUT2D eigenvalue weighted by molar-refractivity contribution is -0.500. The molecule has 54 heavy (non-hydrogen) atoms. The first-order chi connectivity index (χ1) is 24.6. The Morgan fingerprint density at radius 3 is 1.93 bits per heavy atom. The van der Waals surface area contributed by atoms with Crippen molar-refractivity contribution in [2.45, 2.75) is 131 Å². The fourth-order valence-electron chi connectivity index (χ4n) is 7.86. The molecule has 5 rings (SSSR count). The standard InChI is InChI=1S/C22H36N4O7.C7H11F2NO7.C2H6.CH4O/c1-13-11-16-12-14(2)26-18(23-24-19(26)21(28,29)30)20(27,22(31,32)33)17(13)25(16)10-6-9-15-7-4-3-5-8-15;8-6(9)4(12,13)1-2(3(10)11)5(14,15)7(6,16)17;2*1-2/h3-5,7-8,13-14,16-19,23-24,27-33H,6,9-12H2,1-2H3;2,12-17H,1H2,(H2,10,11);1-2H3;2H,1H3. The van der Waals surface area contributed by atoms with E-state index in [0.717, 1.165) is 20.0 Å². The number of nitrogens with two attached hydrogens (primary N) is 1. The molecule has 18 N–H and O–H groups in total. The number of nitrogens with one attached hydrogen (secondary N) is 2. The lowest BCUT2D eigenvalue weighted by atomic mass is 9.72.